The smallest absolute Gasteiger partial charge is 0.276 e. The molecule has 16 heteroatoms. The third kappa shape index (κ3) is 7.19. The number of hydrogen-bond acceptors (Lipinski definition) is 13. The molecular formula is C29H40N8O6S2. The summed E-state index contributed by atoms with van der Waals surface area (Å²) in [6.07, 6.45) is 4.71. The molecule has 2 aliphatic heterocycles. The van der Waals surface area contributed by atoms with E-state index in [9.17, 15) is 9.59 Å². The maximum absolute atomic E-state index is 13.3. The van der Waals surface area contributed by atoms with Gasteiger partial charge in [0.15, 0.2) is 29.3 Å². The molecule has 1 saturated heterocycles. The summed E-state index contributed by atoms with van der Waals surface area (Å²) >= 11 is 1.19. The largest absolute Gasteiger partial charge is 0.486 e. The number of hydroxylamine groups is 2. The molecule has 1 aromatic heterocycles. The van der Waals surface area contributed by atoms with E-state index in [4.69, 9.17) is 35.3 Å². The van der Waals surface area contributed by atoms with E-state index in [-0.39, 0.29) is 41.0 Å². The predicted molar refractivity (Wildman–Crippen MR) is 172 cm³/mol. The first kappa shape index (κ1) is 32.9. The maximum atomic E-state index is 13.3. The second-order valence-corrected chi connectivity index (χ2v) is 13.3. The van der Waals surface area contributed by atoms with Gasteiger partial charge in [-0.15, -0.1) is 11.3 Å². The number of β-lactam (4-membered cyclic amide) rings is 1. The predicted octanol–water partition coefficient (Wildman–Crippen LogP) is 2.82. The van der Waals surface area contributed by atoms with Crippen molar-refractivity contribution in [1.29, 1.82) is 5.41 Å². The molecular weight excluding hydrogens is 621 g/mol. The minimum atomic E-state index is -0.929. The minimum Gasteiger partial charge on any atom is -0.486 e. The molecule has 1 saturated carbocycles. The summed E-state index contributed by atoms with van der Waals surface area (Å²) in [5.41, 5.74) is 12.6. The van der Waals surface area contributed by atoms with E-state index in [1.807, 2.05) is 18.2 Å². The molecule has 2 aromatic rings. The van der Waals surface area contributed by atoms with Crippen LogP contribution in [0, 0.1) is 11.3 Å². The lowest BCUT2D eigenvalue weighted by Gasteiger charge is -2.50. The first-order valence-electron chi connectivity index (χ1n) is 14.9. The quantitative estimate of drug-likeness (QED) is 0.0678. The van der Waals surface area contributed by atoms with Crippen LogP contribution in [0.2, 0.25) is 0 Å². The monoisotopic (exact) mass is 660 g/mol. The number of amides is 2. The van der Waals surface area contributed by atoms with Crippen molar-refractivity contribution in [1.82, 2.24) is 20.7 Å². The van der Waals surface area contributed by atoms with E-state index >= 15 is 0 Å². The average molecular weight is 661 g/mol. The van der Waals surface area contributed by atoms with Gasteiger partial charge in [-0.3, -0.25) is 15.0 Å². The normalized spacial score (nSPS) is 25.0. The van der Waals surface area contributed by atoms with Gasteiger partial charge in [0.05, 0.1) is 5.54 Å². The molecule has 0 radical (unpaired) electrons. The van der Waals surface area contributed by atoms with Gasteiger partial charge >= 0.3 is 0 Å². The molecule has 0 bridgehead atoms. The lowest BCUT2D eigenvalue weighted by Crippen LogP contribution is -2.76. The Morgan fingerprint density at radius 2 is 2.07 bits per heavy atom. The minimum absolute atomic E-state index is 0.0466. The summed E-state index contributed by atoms with van der Waals surface area (Å²) in [5, 5.41) is 21.6. The molecule has 244 valence electrons. The van der Waals surface area contributed by atoms with Crippen molar-refractivity contribution in [2.45, 2.75) is 89.1 Å². The summed E-state index contributed by atoms with van der Waals surface area (Å²) in [6.45, 7) is 5.89. The van der Waals surface area contributed by atoms with Crippen LogP contribution in [-0.2, 0) is 25.1 Å². The van der Waals surface area contributed by atoms with Crippen molar-refractivity contribution in [2.24, 2.45) is 16.8 Å². The number of rotatable bonds is 11. The van der Waals surface area contributed by atoms with Crippen molar-refractivity contribution in [3.05, 3.63) is 40.4 Å². The van der Waals surface area contributed by atoms with E-state index in [0.717, 1.165) is 71.9 Å². The number of nitrogen functional groups attached to an aromatic ring is 1. The van der Waals surface area contributed by atoms with Gasteiger partial charge in [-0.25, -0.2) is 4.98 Å². The SMILES string of the molecule is CC(O/N=C(\C(=O)NC1C(=O)N(OSO)C1(C)C)c1csc(N)n1)C1CCc2cc(C(=N)NC3CCC(CN)CC3)ccc2O1. The highest BCUT2D eigenvalue weighted by Crippen LogP contribution is 2.34. The Morgan fingerprint density at radius 3 is 2.71 bits per heavy atom. The Kier molecular flexibility index (Phi) is 10.2. The molecule has 45 heavy (non-hydrogen) atoms. The lowest BCUT2D eigenvalue weighted by molar-refractivity contribution is -0.214. The van der Waals surface area contributed by atoms with Crippen LogP contribution in [0.4, 0.5) is 5.13 Å². The van der Waals surface area contributed by atoms with E-state index in [2.05, 4.69) is 20.8 Å². The molecule has 3 unspecified atom stereocenters. The Bertz CT molecular complexity index is 1440. The lowest BCUT2D eigenvalue weighted by atomic mass is 9.84. The van der Waals surface area contributed by atoms with Crippen LogP contribution in [0.25, 0.3) is 0 Å². The van der Waals surface area contributed by atoms with Crippen LogP contribution in [0.5, 0.6) is 5.75 Å². The average Bonchev–Trinajstić information content (AvgIpc) is 3.47. The van der Waals surface area contributed by atoms with Gasteiger partial charge in [0.1, 0.15) is 29.4 Å². The van der Waals surface area contributed by atoms with Gasteiger partial charge in [-0.05, 0) is 95.5 Å². The Morgan fingerprint density at radius 1 is 1.31 bits per heavy atom. The summed E-state index contributed by atoms with van der Waals surface area (Å²) in [6, 6.07) is 5.12. The zero-order valence-corrected chi connectivity index (χ0v) is 27.1. The number of nitrogens with one attached hydrogen (secondary N) is 3. The molecule has 5 rings (SSSR count). The number of anilines is 1. The number of hydrogen-bond donors (Lipinski definition) is 6. The summed E-state index contributed by atoms with van der Waals surface area (Å²) < 4.78 is 20.1. The number of ether oxygens (including phenoxy) is 1. The van der Waals surface area contributed by atoms with E-state index in [0.29, 0.717) is 18.2 Å². The number of aromatic nitrogens is 1. The molecule has 14 nitrogen and oxygen atoms in total. The van der Waals surface area contributed by atoms with E-state index in [1.165, 1.54) is 0 Å². The molecule has 2 amide bonds. The van der Waals surface area contributed by atoms with Crippen LogP contribution in [0.1, 0.15) is 69.7 Å². The van der Waals surface area contributed by atoms with Crippen LogP contribution in [0.15, 0.2) is 28.7 Å². The van der Waals surface area contributed by atoms with Crippen molar-refractivity contribution in [3.8, 4) is 5.75 Å². The Labute approximate surface area is 270 Å². The van der Waals surface area contributed by atoms with Gasteiger partial charge in [0.25, 0.3) is 11.8 Å². The molecule has 2 fully saturated rings. The fourth-order valence-electron chi connectivity index (χ4n) is 5.89. The van der Waals surface area contributed by atoms with Crippen LogP contribution in [0.3, 0.4) is 0 Å². The van der Waals surface area contributed by atoms with Gasteiger partial charge < -0.3 is 36.2 Å². The topological polar surface area (TPSA) is 210 Å². The molecule has 1 aliphatic carbocycles. The second kappa shape index (κ2) is 13.9. The zero-order valence-electron chi connectivity index (χ0n) is 25.4. The number of fused-ring (bicyclic) bond motifs is 1. The summed E-state index contributed by atoms with van der Waals surface area (Å²) in [5.74, 6) is 0.507. The highest BCUT2D eigenvalue weighted by molar-refractivity contribution is 7.88. The number of aryl methyl sites for hydroxylation is 1. The highest BCUT2D eigenvalue weighted by atomic mass is 32.2. The number of nitrogens with two attached hydrogens (primary N) is 2. The number of amidine groups is 1. The molecule has 3 heterocycles. The van der Waals surface area contributed by atoms with Crippen molar-refractivity contribution < 1.29 is 28.0 Å². The van der Waals surface area contributed by atoms with Crippen molar-refractivity contribution in [2.75, 3.05) is 12.3 Å². The van der Waals surface area contributed by atoms with Crippen LogP contribution < -0.4 is 26.8 Å². The number of carbonyl (C=O) groups excluding carboxylic acids is 2. The van der Waals surface area contributed by atoms with Gasteiger partial charge in [0, 0.05) is 17.0 Å². The molecule has 8 N–H and O–H groups in total. The second-order valence-electron chi connectivity index (χ2n) is 12.2. The maximum Gasteiger partial charge on any atom is 0.276 e. The first-order valence-corrected chi connectivity index (χ1v) is 16.5. The van der Waals surface area contributed by atoms with Crippen LogP contribution >= 0.6 is 23.7 Å². The molecule has 0 spiro atoms. The number of benzene rings is 1. The number of thiazole rings is 1. The first-order chi connectivity index (χ1) is 21.5. The zero-order chi connectivity index (χ0) is 32.3. The fraction of sp³-hybridized carbons (Fsp3) is 0.552. The molecule has 1 aromatic carbocycles. The standard InChI is InChI=1S/C29H40N8O6S2/c1-15(21-10-6-17-12-18(7-11-22(17)41-21)25(31)33-19-8-4-16(13-30)5-9-19)42-36-23(20-14-44-28(32)34-20)26(38)35-24-27(39)37(43-45-40)29(24,2)3/h7,11-12,14-16,19,21,24,40H,4-6,8-10,13,30H2,1-3H3,(H2,31,33)(H2,32,34)(H,35,38)/b36-23-. The van der Waals surface area contributed by atoms with Gasteiger partial charge in [-0.1, -0.05) is 5.16 Å². The number of nitrogens with zero attached hydrogens (tertiary/aromatic N) is 3. The van der Waals surface area contributed by atoms with Crippen LogP contribution in [-0.4, -0.2) is 74.3 Å². The number of carbonyl (C=O) groups is 2. The Hall–Kier alpha value is -3.44. The van der Waals surface area contributed by atoms with E-state index < -0.39 is 29.5 Å². The van der Waals surface area contributed by atoms with E-state index in [1.54, 1.807) is 26.2 Å². The molecule has 3 atom stereocenters. The number of oxime groups is 1. The van der Waals surface area contributed by atoms with Gasteiger partial charge in [-0.2, -0.15) is 9.35 Å². The van der Waals surface area contributed by atoms with Crippen molar-refractivity contribution in [3.63, 3.8) is 0 Å². The summed E-state index contributed by atoms with van der Waals surface area (Å²) in [4.78, 5) is 35.8. The Balaban J connectivity index is 1.21. The highest BCUT2D eigenvalue weighted by Gasteiger charge is 2.57. The summed E-state index contributed by atoms with van der Waals surface area (Å²) in [7, 11) is 0. The third-order valence-electron chi connectivity index (χ3n) is 8.73. The van der Waals surface area contributed by atoms with Gasteiger partial charge in [0.2, 0.25) is 0 Å². The van der Waals surface area contributed by atoms with Crippen molar-refractivity contribution >= 4 is 52.2 Å². The third-order valence-corrected chi connectivity index (χ3v) is 9.62. The fourth-order valence-corrected chi connectivity index (χ4v) is 6.77. The molecule has 3 aliphatic rings.